The molecule has 138 valence electrons. The van der Waals surface area contributed by atoms with Gasteiger partial charge in [-0.1, -0.05) is 49.0 Å². The first kappa shape index (κ1) is 17.5. The van der Waals surface area contributed by atoms with Crippen molar-refractivity contribution in [2.75, 3.05) is 0 Å². The highest BCUT2D eigenvalue weighted by Gasteiger charge is 2.19. The van der Waals surface area contributed by atoms with Gasteiger partial charge in [0.15, 0.2) is 16.6 Å². The number of rotatable bonds is 5. The third-order valence-corrected chi connectivity index (χ3v) is 5.00. The fourth-order valence-electron chi connectivity index (χ4n) is 2.58. The summed E-state index contributed by atoms with van der Waals surface area (Å²) >= 11 is 1.35. The number of thioether (sulfide) groups is 1. The molecule has 0 saturated heterocycles. The summed E-state index contributed by atoms with van der Waals surface area (Å²) < 4.78 is 6.99. The second-order valence-electron chi connectivity index (χ2n) is 6.41. The third kappa shape index (κ3) is 3.37. The normalized spacial score (nSPS) is 12.7. The Labute approximate surface area is 159 Å². The van der Waals surface area contributed by atoms with Crippen LogP contribution in [-0.4, -0.2) is 29.9 Å². The zero-order valence-corrected chi connectivity index (χ0v) is 15.9. The summed E-state index contributed by atoms with van der Waals surface area (Å²) in [4.78, 5) is 24.2. The number of H-pyrrole nitrogens is 1. The first-order valence-electron chi connectivity index (χ1n) is 8.56. The zero-order valence-electron chi connectivity index (χ0n) is 15.1. The highest BCUT2D eigenvalue weighted by Crippen LogP contribution is 2.32. The maximum Gasteiger partial charge on any atom is 0.262 e. The van der Waals surface area contributed by atoms with Gasteiger partial charge in [-0.3, -0.25) is 4.79 Å². The molecule has 1 N–H and O–H groups in total. The van der Waals surface area contributed by atoms with Gasteiger partial charge in [-0.2, -0.15) is 10.1 Å². The van der Waals surface area contributed by atoms with Crippen LogP contribution in [0.3, 0.4) is 0 Å². The minimum absolute atomic E-state index is 0.154. The molecule has 27 heavy (non-hydrogen) atoms. The first-order chi connectivity index (χ1) is 13.0. The number of aromatic amines is 1. The van der Waals surface area contributed by atoms with Crippen molar-refractivity contribution in [1.82, 2.24) is 29.9 Å². The van der Waals surface area contributed by atoms with Gasteiger partial charge in [-0.25, -0.2) is 9.67 Å². The zero-order chi connectivity index (χ0) is 19.0. The lowest BCUT2D eigenvalue weighted by molar-refractivity contribution is 0.373. The molecular formula is C18H18N6O2S. The molecule has 1 atom stereocenters. The van der Waals surface area contributed by atoms with Crippen LogP contribution in [0.5, 0.6) is 0 Å². The summed E-state index contributed by atoms with van der Waals surface area (Å²) in [6, 6.07) is 9.58. The first-order valence-corrected chi connectivity index (χ1v) is 9.44. The van der Waals surface area contributed by atoms with Crippen molar-refractivity contribution in [3.63, 3.8) is 0 Å². The number of nitrogens with zero attached hydrogens (tertiary/aromatic N) is 5. The van der Waals surface area contributed by atoms with E-state index in [2.05, 4.69) is 25.2 Å². The van der Waals surface area contributed by atoms with Gasteiger partial charge in [0.05, 0.1) is 17.1 Å². The van der Waals surface area contributed by atoms with Gasteiger partial charge in [0.2, 0.25) is 5.89 Å². The van der Waals surface area contributed by atoms with Crippen LogP contribution in [0.4, 0.5) is 0 Å². The summed E-state index contributed by atoms with van der Waals surface area (Å²) in [6.07, 6.45) is 1.53. The van der Waals surface area contributed by atoms with Crippen molar-refractivity contribution in [2.24, 2.45) is 0 Å². The van der Waals surface area contributed by atoms with E-state index in [4.69, 9.17) is 4.52 Å². The van der Waals surface area contributed by atoms with Gasteiger partial charge in [0, 0.05) is 5.92 Å². The predicted molar refractivity (Wildman–Crippen MR) is 102 cm³/mol. The largest absolute Gasteiger partial charge is 0.338 e. The number of para-hydroxylation sites is 1. The molecular weight excluding hydrogens is 364 g/mol. The van der Waals surface area contributed by atoms with E-state index in [1.54, 1.807) is 4.68 Å². The molecule has 0 aliphatic rings. The maximum absolute atomic E-state index is 12.4. The Bertz CT molecular complexity index is 1130. The van der Waals surface area contributed by atoms with Crippen LogP contribution in [0, 0.1) is 0 Å². The minimum atomic E-state index is -0.231. The SMILES string of the molecule is CC(C)c1noc([C@@H](C)Sc2nc3c(cnn3-c3ccccc3)c(=O)[nH]2)n1. The van der Waals surface area contributed by atoms with Crippen LogP contribution in [0.15, 0.2) is 51.0 Å². The average Bonchev–Trinajstić information content (AvgIpc) is 3.30. The molecule has 3 aromatic heterocycles. The van der Waals surface area contributed by atoms with E-state index < -0.39 is 0 Å². The van der Waals surface area contributed by atoms with Crippen molar-refractivity contribution < 1.29 is 4.52 Å². The van der Waals surface area contributed by atoms with Crippen molar-refractivity contribution in [3.8, 4) is 5.69 Å². The standard InChI is InChI=1S/C18H18N6O2S/c1-10(2)14-20-17(26-23-14)11(3)27-18-21-15-13(16(25)22-18)9-19-24(15)12-7-5-4-6-8-12/h4-11H,1-3H3,(H,21,22,25)/t11-/m1/s1. The lowest BCUT2D eigenvalue weighted by atomic mass is 10.2. The van der Waals surface area contributed by atoms with E-state index in [9.17, 15) is 4.79 Å². The van der Waals surface area contributed by atoms with E-state index in [-0.39, 0.29) is 16.7 Å². The Kier molecular flexibility index (Phi) is 4.53. The van der Waals surface area contributed by atoms with E-state index in [0.29, 0.717) is 27.9 Å². The van der Waals surface area contributed by atoms with Crippen molar-refractivity contribution in [3.05, 3.63) is 58.6 Å². The summed E-state index contributed by atoms with van der Waals surface area (Å²) in [7, 11) is 0. The molecule has 0 amide bonds. The van der Waals surface area contributed by atoms with E-state index >= 15 is 0 Å². The fraction of sp³-hybridized carbons (Fsp3) is 0.278. The predicted octanol–water partition coefficient (Wildman–Crippen LogP) is 3.47. The smallest absolute Gasteiger partial charge is 0.262 e. The lowest BCUT2D eigenvalue weighted by Gasteiger charge is -2.07. The number of aromatic nitrogens is 6. The molecule has 0 aliphatic carbocycles. The molecule has 8 nitrogen and oxygen atoms in total. The molecule has 4 rings (SSSR count). The monoisotopic (exact) mass is 382 g/mol. The van der Waals surface area contributed by atoms with Crippen molar-refractivity contribution in [1.29, 1.82) is 0 Å². The Morgan fingerprint density at radius 1 is 1.15 bits per heavy atom. The number of nitrogens with one attached hydrogen (secondary N) is 1. The molecule has 4 aromatic rings. The van der Waals surface area contributed by atoms with Crippen LogP contribution in [0.25, 0.3) is 16.7 Å². The average molecular weight is 382 g/mol. The van der Waals surface area contributed by atoms with Gasteiger partial charge in [0.1, 0.15) is 5.39 Å². The lowest BCUT2D eigenvalue weighted by Crippen LogP contribution is -2.10. The quantitative estimate of drug-likeness (QED) is 0.416. The second kappa shape index (κ2) is 6.99. The summed E-state index contributed by atoms with van der Waals surface area (Å²) in [5.41, 5.74) is 1.12. The topological polar surface area (TPSA) is 102 Å². The van der Waals surface area contributed by atoms with Gasteiger partial charge in [0.25, 0.3) is 5.56 Å². The molecule has 0 bridgehead atoms. The molecule has 0 fully saturated rings. The molecule has 9 heteroatoms. The van der Waals surface area contributed by atoms with E-state index in [1.807, 2.05) is 51.1 Å². The van der Waals surface area contributed by atoms with Crippen LogP contribution in [0.1, 0.15) is 43.7 Å². The molecule has 0 aliphatic heterocycles. The summed E-state index contributed by atoms with van der Waals surface area (Å²) in [6.45, 7) is 5.94. The van der Waals surface area contributed by atoms with E-state index in [1.165, 1.54) is 18.0 Å². The highest BCUT2D eigenvalue weighted by molar-refractivity contribution is 7.99. The summed E-state index contributed by atoms with van der Waals surface area (Å²) in [5, 5.41) is 9.06. The maximum atomic E-state index is 12.4. The van der Waals surface area contributed by atoms with Gasteiger partial charge >= 0.3 is 0 Å². The Balaban J connectivity index is 1.69. The Morgan fingerprint density at radius 2 is 1.93 bits per heavy atom. The summed E-state index contributed by atoms with van der Waals surface area (Å²) in [5.74, 6) is 1.36. The molecule has 3 heterocycles. The van der Waals surface area contributed by atoms with Crippen molar-refractivity contribution >= 4 is 22.8 Å². The second-order valence-corrected chi connectivity index (χ2v) is 7.74. The van der Waals surface area contributed by atoms with Crippen molar-refractivity contribution in [2.45, 2.75) is 37.1 Å². The highest BCUT2D eigenvalue weighted by atomic mass is 32.2. The molecule has 0 spiro atoms. The number of fused-ring (bicyclic) bond motifs is 1. The minimum Gasteiger partial charge on any atom is -0.338 e. The Hall–Kier alpha value is -2.94. The molecule has 0 radical (unpaired) electrons. The Morgan fingerprint density at radius 3 is 2.63 bits per heavy atom. The number of hydrogen-bond donors (Lipinski definition) is 1. The third-order valence-electron chi connectivity index (χ3n) is 4.03. The van der Waals surface area contributed by atoms with Crippen LogP contribution in [0.2, 0.25) is 0 Å². The fourth-order valence-corrected chi connectivity index (χ4v) is 3.40. The molecule has 0 unspecified atom stereocenters. The van der Waals surface area contributed by atoms with Crippen LogP contribution in [-0.2, 0) is 0 Å². The molecule has 1 aromatic carbocycles. The van der Waals surface area contributed by atoms with Gasteiger partial charge in [-0.05, 0) is 19.1 Å². The van der Waals surface area contributed by atoms with Gasteiger partial charge in [-0.15, -0.1) is 0 Å². The van der Waals surface area contributed by atoms with Crippen LogP contribution < -0.4 is 5.56 Å². The van der Waals surface area contributed by atoms with E-state index in [0.717, 1.165) is 5.69 Å². The molecule has 0 saturated carbocycles. The van der Waals surface area contributed by atoms with Crippen LogP contribution >= 0.6 is 11.8 Å². The number of benzene rings is 1. The van der Waals surface area contributed by atoms with Gasteiger partial charge < -0.3 is 9.51 Å². The number of hydrogen-bond acceptors (Lipinski definition) is 7.